The summed E-state index contributed by atoms with van der Waals surface area (Å²) in [4.78, 5) is 35.4. The second-order valence-corrected chi connectivity index (χ2v) is 9.17. The van der Waals surface area contributed by atoms with E-state index < -0.39 is 0 Å². The number of hydrogen-bond donors (Lipinski definition) is 3. The van der Waals surface area contributed by atoms with Crippen LogP contribution in [0.4, 0.5) is 5.82 Å². The number of benzene rings is 1. The van der Waals surface area contributed by atoms with Crippen LogP contribution in [0, 0.1) is 6.92 Å². The standard InChI is InChI=1S/C21H22ClN7OS/c1-3-14-17(22)16-18(26-14)27-21(28-19(16)29-7-6-11(23)9-29)31-12-4-5-15-13(8-12)20(30)25-10(2)24-15/h4-5,8,11H,3,6-7,9,23H2,1-2H3,(H,24,25,30)(H,26,27,28)/t11-/m0/s1. The van der Waals surface area contributed by atoms with E-state index in [2.05, 4.69) is 19.9 Å². The number of aromatic amines is 2. The van der Waals surface area contributed by atoms with Crippen molar-refractivity contribution in [3.63, 3.8) is 0 Å². The molecule has 0 aliphatic carbocycles. The third kappa shape index (κ3) is 3.66. The summed E-state index contributed by atoms with van der Waals surface area (Å²) in [7, 11) is 0. The van der Waals surface area contributed by atoms with Crippen molar-refractivity contribution in [2.45, 2.75) is 42.8 Å². The average Bonchev–Trinajstić information content (AvgIpc) is 3.31. The van der Waals surface area contributed by atoms with Gasteiger partial charge in [0.1, 0.15) is 17.3 Å². The minimum Gasteiger partial charge on any atom is -0.354 e. The van der Waals surface area contributed by atoms with Crippen LogP contribution < -0.4 is 16.2 Å². The van der Waals surface area contributed by atoms with Gasteiger partial charge in [-0.3, -0.25) is 4.79 Å². The van der Waals surface area contributed by atoms with Gasteiger partial charge in [0, 0.05) is 29.7 Å². The molecular formula is C21H22ClN7OS. The lowest BCUT2D eigenvalue weighted by Crippen LogP contribution is -2.27. The highest BCUT2D eigenvalue weighted by Gasteiger charge is 2.26. The number of aromatic nitrogens is 5. The topological polar surface area (TPSA) is 117 Å². The number of nitrogens with zero attached hydrogens (tertiary/aromatic N) is 4. The highest BCUT2D eigenvalue weighted by Crippen LogP contribution is 2.37. The third-order valence-electron chi connectivity index (χ3n) is 5.51. The summed E-state index contributed by atoms with van der Waals surface area (Å²) in [6.45, 7) is 5.38. The van der Waals surface area contributed by atoms with Crippen molar-refractivity contribution < 1.29 is 0 Å². The number of nitrogens with two attached hydrogens (primary N) is 1. The smallest absolute Gasteiger partial charge is 0.258 e. The molecule has 31 heavy (non-hydrogen) atoms. The number of nitrogens with one attached hydrogen (secondary N) is 2. The number of H-pyrrole nitrogens is 2. The summed E-state index contributed by atoms with van der Waals surface area (Å²) in [6, 6.07) is 5.72. The number of halogens is 1. The van der Waals surface area contributed by atoms with Crippen LogP contribution in [0.25, 0.3) is 21.9 Å². The zero-order chi connectivity index (χ0) is 21.7. The fraction of sp³-hybridized carbons (Fsp3) is 0.333. The van der Waals surface area contributed by atoms with Gasteiger partial charge >= 0.3 is 0 Å². The van der Waals surface area contributed by atoms with Gasteiger partial charge in [0.2, 0.25) is 0 Å². The Bertz CT molecular complexity index is 1370. The molecule has 0 spiro atoms. The van der Waals surface area contributed by atoms with Crippen LogP contribution in [0.5, 0.6) is 0 Å². The molecule has 10 heteroatoms. The molecule has 1 aromatic carbocycles. The van der Waals surface area contributed by atoms with Crippen molar-refractivity contribution in [3.8, 4) is 0 Å². The largest absolute Gasteiger partial charge is 0.354 e. The van der Waals surface area contributed by atoms with Crippen LogP contribution >= 0.6 is 23.4 Å². The second kappa shape index (κ2) is 7.81. The van der Waals surface area contributed by atoms with E-state index in [4.69, 9.17) is 27.3 Å². The lowest BCUT2D eigenvalue weighted by atomic mass is 10.2. The van der Waals surface area contributed by atoms with E-state index in [0.717, 1.165) is 47.7 Å². The first kappa shape index (κ1) is 20.3. The normalized spacial score (nSPS) is 16.6. The molecule has 5 rings (SSSR count). The molecule has 3 aromatic heterocycles. The summed E-state index contributed by atoms with van der Waals surface area (Å²) in [5, 5.41) is 2.63. The third-order valence-corrected chi connectivity index (χ3v) is 6.78. The van der Waals surface area contributed by atoms with Gasteiger partial charge < -0.3 is 20.6 Å². The molecule has 1 atom stereocenters. The zero-order valence-corrected chi connectivity index (χ0v) is 18.8. The summed E-state index contributed by atoms with van der Waals surface area (Å²) >= 11 is 8.07. The minimum atomic E-state index is -0.156. The maximum atomic E-state index is 12.3. The van der Waals surface area contributed by atoms with E-state index in [9.17, 15) is 4.79 Å². The van der Waals surface area contributed by atoms with Crippen molar-refractivity contribution in [3.05, 3.63) is 45.1 Å². The van der Waals surface area contributed by atoms with Crippen LogP contribution in [0.15, 0.2) is 33.0 Å². The number of anilines is 1. The minimum absolute atomic E-state index is 0.118. The quantitative estimate of drug-likeness (QED) is 0.403. The zero-order valence-electron chi connectivity index (χ0n) is 17.2. The molecule has 160 valence electrons. The predicted molar refractivity (Wildman–Crippen MR) is 124 cm³/mol. The number of rotatable bonds is 4. The second-order valence-electron chi connectivity index (χ2n) is 7.75. The fourth-order valence-corrected chi connectivity index (χ4v) is 5.12. The maximum Gasteiger partial charge on any atom is 0.258 e. The Labute approximate surface area is 187 Å². The van der Waals surface area contributed by atoms with Gasteiger partial charge in [-0.05, 0) is 49.7 Å². The number of hydrogen-bond acceptors (Lipinski definition) is 7. The maximum absolute atomic E-state index is 12.3. The average molecular weight is 456 g/mol. The molecule has 4 N–H and O–H groups in total. The SMILES string of the molecule is CCc1[nH]c2nc(Sc3ccc4nc(C)[nH]c(=O)c4c3)nc(N3CC[C@H](N)C3)c2c1Cl. The number of fused-ring (bicyclic) bond motifs is 2. The molecule has 1 fully saturated rings. The molecular weight excluding hydrogens is 434 g/mol. The Hall–Kier alpha value is -2.62. The van der Waals surface area contributed by atoms with Crippen molar-refractivity contribution in [2.24, 2.45) is 5.73 Å². The molecule has 8 nitrogen and oxygen atoms in total. The summed E-state index contributed by atoms with van der Waals surface area (Å²) in [5.74, 6) is 1.40. The van der Waals surface area contributed by atoms with E-state index in [1.807, 2.05) is 25.1 Å². The van der Waals surface area contributed by atoms with Gasteiger partial charge in [-0.2, -0.15) is 0 Å². The van der Waals surface area contributed by atoms with Crippen molar-refractivity contribution in [1.29, 1.82) is 0 Å². The molecule has 0 unspecified atom stereocenters. The molecule has 1 saturated heterocycles. The molecule has 0 radical (unpaired) electrons. The molecule has 0 saturated carbocycles. The first-order chi connectivity index (χ1) is 14.9. The Morgan fingerprint density at radius 3 is 2.87 bits per heavy atom. The molecule has 1 aliphatic rings. The van der Waals surface area contributed by atoms with Gasteiger partial charge in [0.25, 0.3) is 5.56 Å². The van der Waals surface area contributed by atoms with Crippen molar-refractivity contribution in [2.75, 3.05) is 18.0 Å². The van der Waals surface area contributed by atoms with E-state index in [1.165, 1.54) is 11.8 Å². The van der Waals surface area contributed by atoms with Gasteiger partial charge in [-0.15, -0.1) is 0 Å². The summed E-state index contributed by atoms with van der Waals surface area (Å²) in [6.07, 6.45) is 1.69. The predicted octanol–water partition coefficient (Wildman–Crippen LogP) is 3.41. The first-order valence-electron chi connectivity index (χ1n) is 10.2. The van der Waals surface area contributed by atoms with Crippen LogP contribution in [0.3, 0.4) is 0 Å². The van der Waals surface area contributed by atoms with Gasteiger partial charge in [0.05, 0.1) is 21.3 Å². The fourth-order valence-electron chi connectivity index (χ4n) is 3.97. The Morgan fingerprint density at radius 1 is 1.29 bits per heavy atom. The van der Waals surface area contributed by atoms with E-state index in [0.29, 0.717) is 32.6 Å². The van der Waals surface area contributed by atoms with Crippen LogP contribution in [0.1, 0.15) is 24.9 Å². The summed E-state index contributed by atoms with van der Waals surface area (Å²) < 4.78 is 0. The molecule has 4 aromatic rings. The van der Waals surface area contributed by atoms with Crippen LogP contribution in [0.2, 0.25) is 5.02 Å². The monoisotopic (exact) mass is 455 g/mol. The van der Waals surface area contributed by atoms with Gasteiger partial charge in [0.15, 0.2) is 5.16 Å². The van der Waals surface area contributed by atoms with Gasteiger partial charge in [-0.25, -0.2) is 15.0 Å². The molecule has 4 heterocycles. The highest BCUT2D eigenvalue weighted by molar-refractivity contribution is 7.99. The highest BCUT2D eigenvalue weighted by atomic mass is 35.5. The van der Waals surface area contributed by atoms with Gasteiger partial charge in [-0.1, -0.05) is 18.5 Å². The lowest BCUT2D eigenvalue weighted by Gasteiger charge is -2.18. The Kier molecular flexibility index (Phi) is 5.11. The summed E-state index contributed by atoms with van der Waals surface area (Å²) in [5.41, 5.74) is 8.31. The van der Waals surface area contributed by atoms with E-state index in [1.54, 1.807) is 6.92 Å². The Morgan fingerprint density at radius 2 is 2.13 bits per heavy atom. The Balaban J connectivity index is 1.60. The number of aryl methyl sites for hydroxylation is 2. The van der Waals surface area contributed by atoms with E-state index in [-0.39, 0.29) is 11.6 Å². The first-order valence-corrected chi connectivity index (χ1v) is 11.4. The van der Waals surface area contributed by atoms with Crippen LogP contribution in [-0.2, 0) is 6.42 Å². The molecule has 1 aliphatic heterocycles. The van der Waals surface area contributed by atoms with Crippen molar-refractivity contribution >= 4 is 51.1 Å². The van der Waals surface area contributed by atoms with Crippen LogP contribution in [-0.4, -0.2) is 44.1 Å². The molecule has 0 amide bonds. The lowest BCUT2D eigenvalue weighted by molar-refractivity contribution is 0.751. The van der Waals surface area contributed by atoms with Crippen molar-refractivity contribution in [1.82, 2.24) is 24.9 Å². The van der Waals surface area contributed by atoms with E-state index >= 15 is 0 Å². The molecule has 0 bridgehead atoms.